The van der Waals surface area contributed by atoms with Crippen molar-refractivity contribution >= 4 is 23.1 Å². The van der Waals surface area contributed by atoms with Crippen molar-refractivity contribution in [1.29, 1.82) is 0 Å². The predicted octanol–water partition coefficient (Wildman–Crippen LogP) is -0.824. The summed E-state index contributed by atoms with van der Waals surface area (Å²) in [5.74, 6) is -0.956. The Kier molecular flexibility index (Phi) is 2.31. The Morgan fingerprint density at radius 1 is 1.62 bits per heavy atom. The summed E-state index contributed by atoms with van der Waals surface area (Å²) in [6.45, 7) is 0.167. The topological polar surface area (TPSA) is 127 Å². The van der Waals surface area contributed by atoms with Gasteiger partial charge in [0.15, 0.2) is 11.2 Å². The number of aromatic nitrogens is 4. The molecular formula is C8H9N5O3. The number of aliphatic carboxylic acids is 1. The van der Waals surface area contributed by atoms with E-state index in [1.54, 1.807) is 0 Å². The van der Waals surface area contributed by atoms with E-state index in [9.17, 15) is 9.59 Å². The Balaban J connectivity index is 2.48. The zero-order chi connectivity index (χ0) is 11.7. The highest BCUT2D eigenvalue weighted by molar-refractivity contribution is 5.71. The number of imidazole rings is 1. The maximum absolute atomic E-state index is 11.5. The molecule has 0 aliphatic heterocycles. The number of hydrogen-bond donors (Lipinski definition) is 3. The molecule has 84 valence electrons. The van der Waals surface area contributed by atoms with Gasteiger partial charge in [0.2, 0.25) is 5.95 Å². The summed E-state index contributed by atoms with van der Waals surface area (Å²) in [4.78, 5) is 32.0. The summed E-state index contributed by atoms with van der Waals surface area (Å²) >= 11 is 0. The Hall–Kier alpha value is -2.38. The number of aryl methyl sites for hydroxylation is 1. The van der Waals surface area contributed by atoms with Gasteiger partial charge < -0.3 is 15.4 Å². The summed E-state index contributed by atoms with van der Waals surface area (Å²) in [6, 6.07) is 0. The second kappa shape index (κ2) is 3.65. The van der Waals surface area contributed by atoms with E-state index < -0.39 is 11.5 Å². The van der Waals surface area contributed by atoms with Crippen molar-refractivity contribution in [2.45, 2.75) is 13.0 Å². The van der Waals surface area contributed by atoms with E-state index in [0.29, 0.717) is 0 Å². The van der Waals surface area contributed by atoms with Crippen LogP contribution < -0.4 is 11.3 Å². The molecule has 2 aromatic heterocycles. The Bertz CT molecular complexity index is 599. The molecule has 16 heavy (non-hydrogen) atoms. The number of hydrogen-bond acceptors (Lipinski definition) is 5. The maximum atomic E-state index is 11.5. The summed E-state index contributed by atoms with van der Waals surface area (Å²) in [6.07, 6.45) is 1.28. The molecule has 0 aliphatic rings. The molecule has 0 radical (unpaired) electrons. The van der Waals surface area contributed by atoms with Gasteiger partial charge in [-0.2, -0.15) is 4.98 Å². The van der Waals surface area contributed by atoms with Crippen molar-refractivity contribution in [3.05, 3.63) is 16.7 Å². The van der Waals surface area contributed by atoms with Gasteiger partial charge in [-0.3, -0.25) is 14.6 Å². The van der Waals surface area contributed by atoms with Crippen molar-refractivity contribution in [2.75, 3.05) is 5.73 Å². The summed E-state index contributed by atoms with van der Waals surface area (Å²) in [7, 11) is 0. The molecule has 0 unspecified atom stereocenters. The molecular weight excluding hydrogens is 214 g/mol. The molecule has 0 saturated carbocycles. The van der Waals surface area contributed by atoms with E-state index in [1.807, 2.05) is 0 Å². The molecule has 0 amide bonds. The van der Waals surface area contributed by atoms with E-state index in [0.717, 1.165) is 0 Å². The van der Waals surface area contributed by atoms with Gasteiger partial charge in [0.25, 0.3) is 5.56 Å². The zero-order valence-corrected chi connectivity index (χ0v) is 8.17. The third-order valence-corrected chi connectivity index (χ3v) is 2.07. The largest absolute Gasteiger partial charge is 0.481 e. The molecule has 8 nitrogen and oxygen atoms in total. The number of nitrogens with zero attached hydrogens (tertiary/aromatic N) is 3. The monoisotopic (exact) mass is 223 g/mol. The first-order valence-corrected chi connectivity index (χ1v) is 4.50. The first kappa shape index (κ1) is 10.1. The first-order chi connectivity index (χ1) is 7.58. The second-order valence-corrected chi connectivity index (χ2v) is 3.21. The number of nitrogens with two attached hydrogens (primary N) is 1. The Labute approximate surface area is 88.7 Å². The van der Waals surface area contributed by atoms with E-state index in [4.69, 9.17) is 10.8 Å². The van der Waals surface area contributed by atoms with Crippen LogP contribution in [0.25, 0.3) is 11.2 Å². The second-order valence-electron chi connectivity index (χ2n) is 3.21. The van der Waals surface area contributed by atoms with Crippen LogP contribution >= 0.6 is 0 Å². The molecule has 0 fully saturated rings. The minimum absolute atomic E-state index is 0.0130. The number of nitrogens with one attached hydrogen (secondary N) is 1. The number of fused-ring (bicyclic) bond motifs is 1. The summed E-state index contributed by atoms with van der Waals surface area (Å²) in [5.41, 5.74) is 5.37. The fraction of sp³-hybridized carbons (Fsp3) is 0.250. The van der Waals surface area contributed by atoms with E-state index in [-0.39, 0.29) is 30.1 Å². The first-order valence-electron chi connectivity index (χ1n) is 4.50. The van der Waals surface area contributed by atoms with Gasteiger partial charge in [-0.15, -0.1) is 0 Å². The third kappa shape index (κ3) is 1.72. The summed E-state index contributed by atoms with van der Waals surface area (Å²) < 4.78 is 1.44. The third-order valence-electron chi connectivity index (χ3n) is 2.07. The van der Waals surface area contributed by atoms with Crippen molar-refractivity contribution in [3.63, 3.8) is 0 Å². The van der Waals surface area contributed by atoms with Crippen LogP contribution in [0.15, 0.2) is 11.1 Å². The summed E-state index contributed by atoms with van der Waals surface area (Å²) in [5, 5.41) is 8.54. The number of nitrogen functional groups attached to an aromatic ring is 1. The number of H-pyrrole nitrogens is 1. The molecule has 2 aromatic rings. The lowest BCUT2D eigenvalue weighted by Gasteiger charge is -2.00. The van der Waals surface area contributed by atoms with Crippen LogP contribution in [0.2, 0.25) is 0 Å². The fourth-order valence-corrected chi connectivity index (χ4v) is 1.39. The van der Waals surface area contributed by atoms with Gasteiger partial charge in [0.05, 0.1) is 12.7 Å². The molecule has 0 spiro atoms. The van der Waals surface area contributed by atoms with Gasteiger partial charge in [0.1, 0.15) is 0 Å². The molecule has 2 rings (SSSR count). The van der Waals surface area contributed by atoms with Crippen LogP contribution in [0.5, 0.6) is 0 Å². The van der Waals surface area contributed by atoms with Gasteiger partial charge >= 0.3 is 5.97 Å². The molecule has 8 heteroatoms. The van der Waals surface area contributed by atoms with Crippen LogP contribution in [0.3, 0.4) is 0 Å². The van der Waals surface area contributed by atoms with Crippen LogP contribution in [0.4, 0.5) is 5.95 Å². The lowest BCUT2D eigenvalue weighted by atomic mass is 10.4. The molecule has 4 N–H and O–H groups in total. The van der Waals surface area contributed by atoms with E-state index in [1.165, 1.54) is 10.9 Å². The molecule has 0 aliphatic carbocycles. The number of carboxylic acid groups (broad SMARTS) is 1. The van der Waals surface area contributed by atoms with Gasteiger partial charge in [-0.25, -0.2) is 4.98 Å². The average molecular weight is 223 g/mol. The zero-order valence-electron chi connectivity index (χ0n) is 8.17. The van der Waals surface area contributed by atoms with Crippen molar-refractivity contribution in [1.82, 2.24) is 19.5 Å². The van der Waals surface area contributed by atoms with Crippen LogP contribution in [0.1, 0.15) is 6.42 Å². The van der Waals surface area contributed by atoms with Crippen LogP contribution in [-0.2, 0) is 11.3 Å². The highest BCUT2D eigenvalue weighted by atomic mass is 16.4. The number of carboxylic acids is 1. The van der Waals surface area contributed by atoms with Crippen molar-refractivity contribution < 1.29 is 9.90 Å². The van der Waals surface area contributed by atoms with E-state index in [2.05, 4.69) is 15.0 Å². The molecule has 0 bridgehead atoms. The average Bonchev–Trinajstić information content (AvgIpc) is 2.57. The Morgan fingerprint density at radius 3 is 3.06 bits per heavy atom. The lowest BCUT2D eigenvalue weighted by molar-refractivity contribution is -0.137. The minimum atomic E-state index is -0.943. The van der Waals surface area contributed by atoms with Crippen molar-refractivity contribution in [3.8, 4) is 0 Å². The van der Waals surface area contributed by atoms with Crippen LogP contribution in [-0.4, -0.2) is 30.6 Å². The molecule has 0 saturated heterocycles. The predicted molar refractivity (Wildman–Crippen MR) is 54.8 cm³/mol. The number of anilines is 1. The number of rotatable bonds is 3. The SMILES string of the molecule is Nc1nc2ncn(CCC(=O)O)c2c(=O)[nH]1. The highest BCUT2D eigenvalue weighted by Gasteiger charge is 2.10. The Morgan fingerprint density at radius 2 is 2.38 bits per heavy atom. The normalized spacial score (nSPS) is 10.8. The molecule has 0 aromatic carbocycles. The number of aromatic amines is 1. The maximum Gasteiger partial charge on any atom is 0.305 e. The smallest absolute Gasteiger partial charge is 0.305 e. The van der Waals surface area contributed by atoms with Crippen LogP contribution in [0, 0.1) is 0 Å². The quantitative estimate of drug-likeness (QED) is 0.623. The standard InChI is InChI=1S/C8H9N5O3/c9-8-11-6-5(7(16)12-8)13(3-10-6)2-1-4(14)15/h3H,1-2H2,(H,14,15)(H3,9,11,12,16). The molecule has 2 heterocycles. The van der Waals surface area contributed by atoms with Gasteiger partial charge in [0, 0.05) is 6.54 Å². The highest BCUT2D eigenvalue weighted by Crippen LogP contribution is 2.06. The number of carbonyl (C=O) groups is 1. The van der Waals surface area contributed by atoms with Crippen molar-refractivity contribution in [2.24, 2.45) is 0 Å². The van der Waals surface area contributed by atoms with Gasteiger partial charge in [-0.1, -0.05) is 0 Å². The van der Waals surface area contributed by atoms with Gasteiger partial charge in [-0.05, 0) is 0 Å². The molecule has 0 atom stereocenters. The minimum Gasteiger partial charge on any atom is -0.481 e. The lowest BCUT2D eigenvalue weighted by Crippen LogP contribution is -2.15. The fourth-order valence-electron chi connectivity index (χ4n) is 1.39. The van der Waals surface area contributed by atoms with E-state index >= 15 is 0 Å².